The quantitative estimate of drug-likeness (QED) is 0.616. The summed E-state index contributed by atoms with van der Waals surface area (Å²) >= 11 is 0. The molecule has 7 nitrogen and oxygen atoms in total. The summed E-state index contributed by atoms with van der Waals surface area (Å²) in [7, 11) is 4.89. The highest BCUT2D eigenvalue weighted by Crippen LogP contribution is 2.33. The first kappa shape index (κ1) is 21.7. The molecule has 1 unspecified atom stereocenters. The average molecular weight is 436 g/mol. The van der Waals surface area contributed by atoms with Crippen LogP contribution in [0, 0.1) is 0 Å². The SMILES string of the molecule is COc1ccc(C2CCCCN(C(=O)c3cc(-c4cc(OC)ccc4OC)n[nH]3)C2)cc1. The number of carbonyl (C=O) groups is 1. The van der Waals surface area contributed by atoms with Gasteiger partial charge in [0.2, 0.25) is 0 Å². The molecule has 0 saturated carbocycles. The van der Waals surface area contributed by atoms with Crippen LogP contribution in [0.25, 0.3) is 11.3 Å². The van der Waals surface area contributed by atoms with E-state index in [-0.39, 0.29) is 5.91 Å². The Hall–Kier alpha value is -3.48. The molecule has 4 rings (SSSR count). The predicted molar refractivity (Wildman–Crippen MR) is 123 cm³/mol. The molecule has 1 saturated heterocycles. The molecule has 0 bridgehead atoms. The molecule has 2 aromatic carbocycles. The number of rotatable bonds is 6. The van der Waals surface area contributed by atoms with Crippen molar-refractivity contribution in [2.24, 2.45) is 0 Å². The molecule has 0 aliphatic carbocycles. The first-order valence-corrected chi connectivity index (χ1v) is 10.8. The van der Waals surface area contributed by atoms with Gasteiger partial charge >= 0.3 is 0 Å². The fourth-order valence-corrected chi connectivity index (χ4v) is 4.23. The third kappa shape index (κ3) is 4.56. The lowest BCUT2D eigenvalue weighted by molar-refractivity contribution is 0.0748. The van der Waals surface area contributed by atoms with E-state index in [0.29, 0.717) is 35.3 Å². The van der Waals surface area contributed by atoms with E-state index in [0.717, 1.165) is 37.1 Å². The fraction of sp³-hybridized carbons (Fsp3) is 0.360. The summed E-state index contributed by atoms with van der Waals surface area (Å²) < 4.78 is 16.1. The maximum Gasteiger partial charge on any atom is 0.271 e. The zero-order chi connectivity index (χ0) is 22.5. The van der Waals surface area contributed by atoms with E-state index in [1.807, 2.05) is 35.2 Å². The van der Waals surface area contributed by atoms with Crippen LogP contribution in [0.3, 0.4) is 0 Å². The van der Waals surface area contributed by atoms with Crippen LogP contribution in [0.1, 0.15) is 41.2 Å². The fourth-order valence-electron chi connectivity index (χ4n) is 4.23. The average Bonchev–Trinajstić information content (AvgIpc) is 3.21. The van der Waals surface area contributed by atoms with Gasteiger partial charge in [0.05, 0.1) is 27.0 Å². The summed E-state index contributed by atoms with van der Waals surface area (Å²) in [6.07, 6.45) is 3.14. The standard InChI is InChI=1S/C25H29N3O4/c1-30-19-9-7-17(8-10-19)18-6-4-5-13-28(16-18)25(29)23-15-22(26-27-23)21-14-20(31-2)11-12-24(21)32-3/h7-12,14-15,18H,4-6,13,16H2,1-3H3,(H,26,27). The van der Waals surface area contributed by atoms with E-state index in [1.165, 1.54) is 5.56 Å². The van der Waals surface area contributed by atoms with E-state index in [1.54, 1.807) is 27.4 Å². The van der Waals surface area contributed by atoms with Gasteiger partial charge in [0.15, 0.2) is 0 Å². The number of methoxy groups -OCH3 is 3. The number of likely N-dealkylation sites (tertiary alicyclic amines) is 1. The van der Waals surface area contributed by atoms with E-state index < -0.39 is 0 Å². The molecule has 168 valence electrons. The van der Waals surface area contributed by atoms with Gasteiger partial charge in [-0.2, -0.15) is 5.10 Å². The number of hydrogen-bond donors (Lipinski definition) is 1. The number of H-pyrrole nitrogens is 1. The number of carbonyl (C=O) groups excluding carboxylic acids is 1. The minimum Gasteiger partial charge on any atom is -0.497 e. The zero-order valence-corrected chi connectivity index (χ0v) is 18.8. The van der Waals surface area contributed by atoms with Gasteiger partial charge in [0.25, 0.3) is 5.91 Å². The number of nitrogens with one attached hydrogen (secondary N) is 1. The number of aromatic nitrogens is 2. The largest absolute Gasteiger partial charge is 0.497 e. The van der Waals surface area contributed by atoms with Crippen molar-refractivity contribution in [3.8, 4) is 28.5 Å². The van der Waals surface area contributed by atoms with Crippen molar-refractivity contribution in [2.75, 3.05) is 34.4 Å². The van der Waals surface area contributed by atoms with E-state index in [2.05, 4.69) is 22.3 Å². The van der Waals surface area contributed by atoms with Crippen LogP contribution in [0.5, 0.6) is 17.2 Å². The van der Waals surface area contributed by atoms with Gasteiger partial charge in [-0.15, -0.1) is 0 Å². The molecule has 1 aliphatic heterocycles. The van der Waals surface area contributed by atoms with Gasteiger partial charge in [-0.3, -0.25) is 9.89 Å². The molecule has 32 heavy (non-hydrogen) atoms. The monoisotopic (exact) mass is 435 g/mol. The van der Waals surface area contributed by atoms with Crippen LogP contribution >= 0.6 is 0 Å². The molecule has 0 radical (unpaired) electrons. The summed E-state index contributed by atoms with van der Waals surface area (Å²) in [6, 6.07) is 15.5. The summed E-state index contributed by atoms with van der Waals surface area (Å²) in [5.74, 6) is 2.48. The Morgan fingerprint density at radius 2 is 1.72 bits per heavy atom. The highest BCUT2D eigenvalue weighted by atomic mass is 16.5. The van der Waals surface area contributed by atoms with Crippen molar-refractivity contribution in [1.29, 1.82) is 0 Å². The zero-order valence-electron chi connectivity index (χ0n) is 18.8. The van der Waals surface area contributed by atoms with Gasteiger partial charge in [-0.25, -0.2) is 0 Å². The Labute approximate surface area is 188 Å². The molecule has 3 aromatic rings. The lowest BCUT2D eigenvalue weighted by atomic mass is 9.94. The minimum atomic E-state index is -0.0361. The van der Waals surface area contributed by atoms with E-state index >= 15 is 0 Å². The summed E-state index contributed by atoms with van der Waals surface area (Å²) in [5.41, 5.74) is 3.12. The molecular weight excluding hydrogens is 406 g/mol. The molecule has 1 aliphatic rings. The van der Waals surface area contributed by atoms with Gasteiger partial charge in [-0.05, 0) is 54.8 Å². The van der Waals surface area contributed by atoms with Gasteiger partial charge in [-0.1, -0.05) is 18.6 Å². The topological polar surface area (TPSA) is 76.7 Å². The number of benzene rings is 2. The van der Waals surface area contributed by atoms with Crippen molar-refractivity contribution >= 4 is 5.91 Å². The number of ether oxygens (including phenoxy) is 3. The minimum absolute atomic E-state index is 0.0361. The summed E-state index contributed by atoms with van der Waals surface area (Å²) in [5, 5.41) is 7.31. The van der Waals surface area contributed by atoms with Crippen LogP contribution in [-0.2, 0) is 0 Å². The van der Waals surface area contributed by atoms with Crippen LogP contribution in [-0.4, -0.2) is 55.4 Å². The highest BCUT2D eigenvalue weighted by molar-refractivity contribution is 5.93. The van der Waals surface area contributed by atoms with Crippen LogP contribution in [0.15, 0.2) is 48.5 Å². The van der Waals surface area contributed by atoms with Gasteiger partial charge in [0, 0.05) is 24.6 Å². The Morgan fingerprint density at radius 3 is 2.44 bits per heavy atom. The third-order valence-electron chi connectivity index (χ3n) is 6.04. The first-order valence-electron chi connectivity index (χ1n) is 10.8. The molecule has 1 aromatic heterocycles. The maximum absolute atomic E-state index is 13.3. The molecule has 1 N–H and O–H groups in total. The predicted octanol–water partition coefficient (Wildman–Crippen LogP) is 4.51. The Balaban J connectivity index is 1.54. The second-order valence-electron chi connectivity index (χ2n) is 7.95. The smallest absolute Gasteiger partial charge is 0.271 e. The molecule has 1 atom stereocenters. The molecule has 1 fully saturated rings. The lowest BCUT2D eigenvalue weighted by Crippen LogP contribution is -2.34. The van der Waals surface area contributed by atoms with E-state index in [9.17, 15) is 4.79 Å². The first-order chi connectivity index (χ1) is 15.6. The number of hydrogen-bond acceptors (Lipinski definition) is 5. The van der Waals surface area contributed by atoms with E-state index in [4.69, 9.17) is 14.2 Å². The molecule has 1 amide bonds. The molecule has 0 spiro atoms. The number of nitrogens with zero attached hydrogens (tertiary/aromatic N) is 2. The summed E-state index contributed by atoms with van der Waals surface area (Å²) in [6.45, 7) is 1.42. The third-order valence-corrected chi connectivity index (χ3v) is 6.04. The second kappa shape index (κ2) is 9.77. The Bertz CT molecular complexity index is 1060. The van der Waals surface area contributed by atoms with Crippen molar-refractivity contribution in [3.63, 3.8) is 0 Å². The Kier molecular flexibility index (Phi) is 6.63. The van der Waals surface area contributed by atoms with Crippen molar-refractivity contribution in [1.82, 2.24) is 15.1 Å². The number of amides is 1. The Morgan fingerprint density at radius 1 is 0.969 bits per heavy atom. The number of aromatic amines is 1. The van der Waals surface area contributed by atoms with Crippen molar-refractivity contribution in [3.05, 3.63) is 59.8 Å². The van der Waals surface area contributed by atoms with Crippen LogP contribution in [0.4, 0.5) is 0 Å². The maximum atomic E-state index is 13.3. The lowest BCUT2D eigenvalue weighted by Gasteiger charge is -2.24. The van der Waals surface area contributed by atoms with Gasteiger partial charge in [0.1, 0.15) is 22.9 Å². The highest BCUT2D eigenvalue weighted by Gasteiger charge is 2.25. The van der Waals surface area contributed by atoms with Crippen molar-refractivity contribution in [2.45, 2.75) is 25.2 Å². The summed E-state index contributed by atoms with van der Waals surface area (Å²) in [4.78, 5) is 15.3. The van der Waals surface area contributed by atoms with Gasteiger partial charge < -0.3 is 19.1 Å². The molecule has 2 heterocycles. The van der Waals surface area contributed by atoms with Crippen LogP contribution in [0.2, 0.25) is 0 Å². The second-order valence-corrected chi connectivity index (χ2v) is 7.95. The van der Waals surface area contributed by atoms with Crippen molar-refractivity contribution < 1.29 is 19.0 Å². The normalized spacial score (nSPS) is 16.3. The molecule has 7 heteroatoms. The van der Waals surface area contributed by atoms with Crippen LogP contribution < -0.4 is 14.2 Å². The molecular formula is C25H29N3O4.